The van der Waals surface area contributed by atoms with E-state index in [1.807, 2.05) is 12.1 Å². The third kappa shape index (κ3) is 3.26. The van der Waals surface area contributed by atoms with E-state index < -0.39 is 4.92 Å². The molecule has 28 heavy (non-hydrogen) atoms. The van der Waals surface area contributed by atoms with Crippen LogP contribution in [0.5, 0.6) is 0 Å². The molecule has 0 spiro atoms. The summed E-state index contributed by atoms with van der Waals surface area (Å²) < 4.78 is 0. The van der Waals surface area contributed by atoms with E-state index in [1.165, 1.54) is 12.1 Å². The maximum absolute atomic E-state index is 13.0. The molecule has 1 aliphatic rings. The van der Waals surface area contributed by atoms with Crippen LogP contribution in [-0.2, 0) is 6.42 Å². The van der Waals surface area contributed by atoms with Crippen LogP contribution >= 0.6 is 0 Å². The van der Waals surface area contributed by atoms with Crippen molar-refractivity contribution in [1.82, 2.24) is 9.97 Å². The van der Waals surface area contributed by atoms with Crippen molar-refractivity contribution in [3.8, 4) is 11.3 Å². The van der Waals surface area contributed by atoms with Crippen LogP contribution in [-0.4, -0.2) is 20.7 Å². The number of Topliss-reactive ketones (excluding diaryl/α,β-unsaturated/α-hetero) is 1. The molecule has 0 amide bonds. The van der Waals surface area contributed by atoms with Gasteiger partial charge in [0.2, 0.25) is 0 Å². The molecule has 2 N–H and O–H groups in total. The number of nitro groups is 1. The van der Waals surface area contributed by atoms with Crippen molar-refractivity contribution < 1.29 is 9.72 Å². The molecule has 0 atom stereocenters. The van der Waals surface area contributed by atoms with Crippen molar-refractivity contribution in [3.05, 3.63) is 70.2 Å². The highest BCUT2D eigenvalue weighted by Gasteiger charge is 2.35. The minimum Gasteiger partial charge on any atom is -0.356 e. The summed E-state index contributed by atoms with van der Waals surface area (Å²) in [6.07, 6.45) is 4.59. The number of anilines is 2. The minimum atomic E-state index is -0.435. The first-order valence-corrected chi connectivity index (χ1v) is 9.04. The van der Waals surface area contributed by atoms with E-state index in [0.717, 1.165) is 23.4 Å². The number of hydrogen-bond acceptors (Lipinski definition) is 5. The van der Waals surface area contributed by atoms with Crippen LogP contribution in [0.3, 0.4) is 0 Å². The molecule has 0 bridgehead atoms. The van der Waals surface area contributed by atoms with Crippen molar-refractivity contribution in [1.29, 1.82) is 0 Å². The van der Waals surface area contributed by atoms with E-state index in [1.54, 1.807) is 24.5 Å². The lowest BCUT2D eigenvalue weighted by molar-refractivity contribution is -0.384. The van der Waals surface area contributed by atoms with Crippen molar-refractivity contribution in [2.75, 3.05) is 5.32 Å². The van der Waals surface area contributed by atoms with E-state index in [-0.39, 0.29) is 16.9 Å². The third-order valence-electron chi connectivity index (χ3n) is 4.95. The monoisotopic (exact) mass is 376 g/mol. The molecule has 1 aromatic carbocycles. The molecular weight excluding hydrogens is 356 g/mol. The van der Waals surface area contributed by atoms with E-state index >= 15 is 0 Å². The maximum Gasteiger partial charge on any atom is 0.271 e. The molecule has 4 rings (SSSR count). The molecule has 142 valence electrons. The number of carbonyl (C=O) groups is 1. The molecule has 0 fully saturated rings. The first kappa shape index (κ1) is 17.9. The number of rotatable bonds is 4. The molecule has 7 heteroatoms. The summed E-state index contributed by atoms with van der Waals surface area (Å²) in [5.74, 6) is 0.0655. The number of aromatic amines is 1. The number of H-pyrrole nitrogens is 1. The second kappa shape index (κ2) is 6.60. The average Bonchev–Trinajstić information content (AvgIpc) is 2.99. The summed E-state index contributed by atoms with van der Waals surface area (Å²) in [5.41, 5.74) is 4.29. The van der Waals surface area contributed by atoms with Gasteiger partial charge in [-0.25, -0.2) is 0 Å². The SMILES string of the molecule is CC1(C)CC(=O)c2c([nH]c(-c3ccncc3)c2Nc2cccc([N+](=O)[O-])c2)C1. The number of nitrogens with zero attached hydrogens (tertiary/aromatic N) is 2. The second-order valence-electron chi connectivity index (χ2n) is 7.84. The van der Waals surface area contributed by atoms with Gasteiger partial charge < -0.3 is 10.3 Å². The topological polar surface area (TPSA) is 101 Å². The van der Waals surface area contributed by atoms with Gasteiger partial charge in [-0.05, 0) is 30.0 Å². The van der Waals surface area contributed by atoms with Crippen LogP contribution in [0.4, 0.5) is 17.1 Å². The smallest absolute Gasteiger partial charge is 0.271 e. The van der Waals surface area contributed by atoms with Crippen molar-refractivity contribution in [3.63, 3.8) is 0 Å². The van der Waals surface area contributed by atoms with Crippen molar-refractivity contribution in [2.24, 2.45) is 5.41 Å². The number of nitrogens with one attached hydrogen (secondary N) is 2. The van der Waals surface area contributed by atoms with Crippen molar-refractivity contribution >= 4 is 22.8 Å². The van der Waals surface area contributed by atoms with E-state index in [4.69, 9.17) is 0 Å². The van der Waals surface area contributed by atoms with Crippen LogP contribution in [0.2, 0.25) is 0 Å². The van der Waals surface area contributed by atoms with E-state index in [2.05, 4.69) is 29.1 Å². The zero-order valence-corrected chi connectivity index (χ0v) is 15.7. The molecule has 0 saturated heterocycles. The van der Waals surface area contributed by atoms with Crippen LogP contribution in [0.25, 0.3) is 11.3 Å². The molecule has 2 aromatic heterocycles. The van der Waals surface area contributed by atoms with Crippen molar-refractivity contribution in [2.45, 2.75) is 26.7 Å². The molecular formula is C21H20N4O3. The van der Waals surface area contributed by atoms with Crippen LogP contribution in [0.15, 0.2) is 48.8 Å². The van der Waals surface area contributed by atoms with Gasteiger partial charge in [0.1, 0.15) is 0 Å². The van der Waals surface area contributed by atoms with Gasteiger partial charge in [0.25, 0.3) is 5.69 Å². The largest absolute Gasteiger partial charge is 0.356 e. The summed E-state index contributed by atoms with van der Waals surface area (Å²) in [5, 5.41) is 14.4. The third-order valence-corrected chi connectivity index (χ3v) is 4.95. The fourth-order valence-corrected chi connectivity index (χ4v) is 3.76. The quantitative estimate of drug-likeness (QED) is 0.499. The van der Waals surface area contributed by atoms with Gasteiger partial charge in [0.05, 0.1) is 21.9 Å². The Hall–Kier alpha value is -3.48. The number of benzene rings is 1. The lowest BCUT2D eigenvalue weighted by Crippen LogP contribution is -2.26. The van der Waals surface area contributed by atoms with Gasteiger partial charge >= 0.3 is 0 Å². The Labute approximate surface area is 162 Å². The molecule has 7 nitrogen and oxygen atoms in total. The van der Waals surface area contributed by atoms with Gasteiger partial charge in [-0.1, -0.05) is 19.9 Å². The number of aromatic nitrogens is 2. The van der Waals surface area contributed by atoms with Gasteiger partial charge in [0, 0.05) is 47.9 Å². The molecule has 2 heterocycles. The lowest BCUT2D eigenvalue weighted by atomic mass is 9.76. The molecule has 0 saturated carbocycles. The number of hydrogen-bond donors (Lipinski definition) is 2. The minimum absolute atomic E-state index is 0.00711. The molecule has 1 aliphatic carbocycles. The lowest BCUT2D eigenvalue weighted by Gasteiger charge is -2.28. The Morgan fingerprint density at radius 1 is 1.18 bits per heavy atom. The number of nitro benzene ring substituents is 1. The first-order valence-electron chi connectivity index (χ1n) is 9.04. The Morgan fingerprint density at radius 2 is 1.93 bits per heavy atom. The molecule has 0 unspecified atom stereocenters. The normalized spacial score (nSPS) is 15.1. The average molecular weight is 376 g/mol. The highest BCUT2D eigenvalue weighted by Crippen LogP contribution is 2.43. The number of ketones is 1. The van der Waals surface area contributed by atoms with Crippen LogP contribution < -0.4 is 5.32 Å². The number of fused-ring (bicyclic) bond motifs is 1. The standard InChI is InChI=1S/C21H20N4O3/c1-21(2)11-16-18(17(26)12-21)20(19(24-16)13-6-8-22-9-7-13)23-14-4-3-5-15(10-14)25(27)28/h3-10,23-24H,11-12H2,1-2H3. The zero-order valence-electron chi connectivity index (χ0n) is 15.7. The van der Waals surface area contributed by atoms with E-state index in [9.17, 15) is 14.9 Å². The summed E-state index contributed by atoms with van der Waals surface area (Å²) in [6.45, 7) is 4.16. The van der Waals surface area contributed by atoms with Crippen LogP contribution in [0.1, 0.15) is 36.3 Å². The maximum atomic E-state index is 13.0. The second-order valence-corrected chi connectivity index (χ2v) is 7.84. The van der Waals surface area contributed by atoms with E-state index in [0.29, 0.717) is 23.4 Å². The van der Waals surface area contributed by atoms with Gasteiger partial charge in [-0.15, -0.1) is 0 Å². The zero-order chi connectivity index (χ0) is 19.9. The summed E-state index contributed by atoms with van der Waals surface area (Å²) in [7, 11) is 0. The Morgan fingerprint density at radius 3 is 2.64 bits per heavy atom. The predicted molar refractivity (Wildman–Crippen MR) is 107 cm³/mol. The highest BCUT2D eigenvalue weighted by molar-refractivity contribution is 6.07. The summed E-state index contributed by atoms with van der Waals surface area (Å²) in [4.78, 5) is 31.1. The van der Waals surface area contributed by atoms with Gasteiger partial charge in [-0.2, -0.15) is 0 Å². The highest BCUT2D eigenvalue weighted by atomic mass is 16.6. The Kier molecular flexibility index (Phi) is 4.22. The van der Waals surface area contributed by atoms with Gasteiger partial charge in [-0.3, -0.25) is 19.9 Å². The fourth-order valence-electron chi connectivity index (χ4n) is 3.76. The summed E-state index contributed by atoms with van der Waals surface area (Å²) in [6, 6.07) is 10.0. The number of carbonyl (C=O) groups excluding carboxylic acids is 1. The molecule has 3 aromatic rings. The number of pyridine rings is 1. The fraction of sp³-hybridized carbons (Fsp3) is 0.238. The number of non-ortho nitro benzene ring substituents is 1. The van der Waals surface area contributed by atoms with Gasteiger partial charge in [0.15, 0.2) is 5.78 Å². The Balaban J connectivity index is 1.86. The molecule has 0 radical (unpaired) electrons. The molecule has 0 aliphatic heterocycles. The Bertz CT molecular complexity index is 1070. The predicted octanol–water partition coefficient (Wildman–Crippen LogP) is 4.88. The van der Waals surface area contributed by atoms with Crippen LogP contribution in [0, 0.1) is 15.5 Å². The summed E-state index contributed by atoms with van der Waals surface area (Å²) >= 11 is 0. The first-order chi connectivity index (χ1) is 13.3.